The van der Waals surface area contributed by atoms with Crippen molar-refractivity contribution in [2.45, 2.75) is 32.9 Å². The molecule has 1 aromatic heterocycles. The molecule has 1 atom stereocenters. The van der Waals surface area contributed by atoms with E-state index >= 15 is 0 Å². The molecule has 31 heavy (non-hydrogen) atoms. The first-order chi connectivity index (χ1) is 14.9. The van der Waals surface area contributed by atoms with E-state index < -0.39 is 4.92 Å². The summed E-state index contributed by atoms with van der Waals surface area (Å²) in [6.07, 6.45) is 0.912. The molecule has 1 N–H and O–H groups in total. The van der Waals surface area contributed by atoms with Gasteiger partial charge in [-0.05, 0) is 50.1 Å². The second kappa shape index (κ2) is 8.59. The molecule has 0 radical (unpaired) electrons. The van der Waals surface area contributed by atoms with Gasteiger partial charge in [0.15, 0.2) is 0 Å². The van der Waals surface area contributed by atoms with Crippen LogP contribution in [-0.2, 0) is 6.54 Å². The van der Waals surface area contributed by atoms with Crippen LogP contribution in [0.2, 0.25) is 0 Å². The molecule has 1 aliphatic heterocycles. The zero-order valence-electron chi connectivity index (χ0n) is 17.6. The molecule has 8 heteroatoms. The number of benzene rings is 2. The summed E-state index contributed by atoms with van der Waals surface area (Å²) in [5.74, 6) is 0.0191. The van der Waals surface area contributed by atoms with Gasteiger partial charge in [-0.25, -0.2) is 0 Å². The van der Waals surface area contributed by atoms with Crippen LogP contribution in [-0.4, -0.2) is 44.6 Å². The maximum atomic E-state index is 12.9. The summed E-state index contributed by atoms with van der Waals surface area (Å²) in [6, 6.07) is 17.7. The van der Waals surface area contributed by atoms with Crippen molar-refractivity contribution in [2.75, 3.05) is 18.4 Å². The molecule has 1 saturated heterocycles. The Labute approximate surface area is 180 Å². The van der Waals surface area contributed by atoms with E-state index in [1.807, 2.05) is 59.5 Å². The SMILES string of the molecule is Cc1nn(Cc2ccc(C(=O)N3CCC(Nc4ccccc4)C3)cc2)c(C)c1[N+](=O)[O-]. The van der Waals surface area contributed by atoms with Crippen LogP contribution < -0.4 is 5.32 Å². The van der Waals surface area contributed by atoms with Gasteiger partial charge in [0.05, 0.1) is 11.5 Å². The van der Waals surface area contributed by atoms with Crippen LogP contribution in [0.4, 0.5) is 11.4 Å². The summed E-state index contributed by atoms with van der Waals surface area (Å²) in [5.41, 5.74) is 3.62. The molecule has 0 aliphatic carbocycles. The number of aromatic nitrogens is 2. The largest absolute Gasteiger partial charge is 0.380 e. The van der Waals surface area contributed by atoms with Gasteiger partial charge >= 0.3 is 5.69 Å². The third-order valence-corrected chi connectivity index (χ3v) is 5.68. The smallest absolute Gasteiger partial charge is 0.312 e. The number of carbonyl (C=O) groups excluding carboxylic acids is 1. The molecule has 1 amide bonds. The zero-order valence-corrected chi connectivity index (χ0v) is 17.6. The lowest BCUT2D eigenvalue weighted by atomic mass is 10.1. The number of carbonyl (C=O) groups is 1. The minimum Gasteiger partial charge on any atom is -0.380 e. The lowest BCUT2D eigenvalue weighted by Crippen LogP contribution is -2.31. The molecule has 0 spiro atoms. The van der Waals surface area contributed by atoms with E-state index in [2.05, 4.69) is 10.4 Å². The van der Waals surface area contributed by atoms with Crippen molar-refractivity contribution in [1.29, 1.82) is 0 Å². The van der Waals surface area contributed by atoms with E-state index in [0.717, 1.165) is 24.2 Å². The van der Waals surface area contributed by atoms with E-state index in [0.29, 0.717) is 30.0 Å². The first-order valence-electron chi connectivity index (χ1n) is 10.3. The number of rotatable bonds is 6. The number of hydrogen-bond acceptors (Lipinski definition) is 5. The normalized spacial score (nSPS) is 15.8. The predicted octanol–water partition coefficient (Wildman–Crippen LogP) is 3.78. The van der Waals surface area contributed by atoms with Gasteiger partial charge in [0.1, 0.15) is 11.4 Å². The monoisotopic (exact) mass is 419 g/mol. The van der Waals surface area contributed by atoms with Gasteiger partial charge in [-0.2, -0.15) is 5.10 Å². The summed E-state index contributed by atoms with van der Waals surface area (Å²) >= 11 is 0. The quantitative estimate of drug-likeness (QED) is 0.485. The topological polar surface area (TPSA) is 93.3 Å². The molecule has 2 aromatic carbocycles. The average molecular weight is 419 g/mol. The summed E-state index contributed by atoms with van der Waals surface area (Å²) in [7, 11) is 0. The maximum absolute atomic E-state index is 12.9. The Morgan fingerprint density at radius 3 is 2.52 bits per heavy atom. The van der Waals surface area contributed by atoms with Gasteiger partial charge in [-0.1, -0.05) is 30.3 Å². The highest BCUT2D eigenvalue weighted by Crippen LogP contribution is 2.23. The Morgan fingerprint density at radius 1 is 1.16 bits per heavy atom. The fourth-order valence-electron chi connectivity index (χ4n) is 4.05. The Hall–Kier alpha value is -3.68. The molecular formula is C23H25N5O3. The number of nitrogens with one attached hydrogen (secondary N) is 1. The van der Waals surface area contributed by atoms with E-state index in [4.69, 9.17) is 0 Å². The number of para-hydroxylation sites is 1. The predicted molar refractivity (Wildman–Crippen MR) is 118 cm³/mol. The Bertz CT molecular complexity index is 1090. The fourth-order valence-corrected chi connectivity index (χ4v) is 4.05. The van der Waals surface area contributed by atoms with Gasteiger partial charge in [0.2, 0.25) is 0 Å². The highest BCUT2D eigenvalue weighted by atomic mass is 16.6. The van der Waals surface area contributed by atoms with Crippen molar-refractivity contribution >= 4 is 17.3 Å². The second-order valence-corrected chi connectivity index (χ2v) is 7.88. The van der Waals surface area contributed by atoms with Crippen LogP contribution in [0.25, 0.3) is 0 Å². The average Bonchev–Trinajstić information content (AvgIpc) is 3.33. The number of nitro groups is 1. The van der Waals surface area contributed by atoms with Crippen LogP contribution in [0.3, 0.4) is 0 Å². The van der Waals surface area contributed by atoms with Gasteiger partial charge in [-0.15, -0.1) is 0 Å². The van der Waals surface area contributed by atoms with Gasteiger partial charge in [-0.3, -0.25) is 19.6 Å². The molecular weight excluding hydrogens is 394 g/mol. The molecule has 4 rings (SSSR count). The van der Waals surface area contributed by atoms with Gasteiger partial charge < -0.3 is 10.2 Å². The van der Waals surface area contributed by atoms with Crippen LogP contribution in [0.5, 0.6) is 0 Å². The first kappa shape index (κ1) is 20.6. The van der Waals surface area contributed by atoms with Gasteiger partial charge in [0, 0.05) is 30.4 Å². The van der Waals surface area contributed by atoms with Crippen LogP contribution in [0, 0.1) is 24.0 Å². The van der Waals surface area contributed by atoms with Crippen molar-refractivity contribution in [1.82, 2.24) is 14.7 Å². The number of hydrogen-bond donors (Lipinski definition) is 1. The highest BCUT2D eigenvalue weighted by molar-refractivity contribution is 5.94. The molecule has 1 aliphatic rings. The number of likely N-dealkylation sites (tertiary alicyclic amines) is 1. The minimum absolute atomic E-state index is 0.0191. The summed E-state index contributed by atoms with van der Waals surface area (Å²) in [6.45, 7) is 5.15. The van der Waals surface area contributed by atoms with E-state index in [1.54, 1.807) is 18.5 Å². The number of amides is 1. The van der Waals surface area contributed by atoms with E-state index in [-0.39, 0.29) is 17.6 Å². The van der Waals surface area contributed by atoms with Crippen molar-refractivity contribution < 1.29 is 9.72 Å². The summed E-state index contributed by atoms with van der Waals surface area (Å²) in [5, 5.41) is 18.9. The third-order valence-electron chi connectivity index (χ3n) is 5.68. The highest BCUT2D eigenvalue weighted by Gasteiger charge is 2.27. The lowest BCUT2D eigenvalue weighted by molar-refractivity contribution is -0.386. The molecule has 0 bridgehead atoms. The molecule has 8 nitrogen and oxygen atoms in total. The lowest BCUT2D eigenvalue weighted by Gasteiger charge is -2.18. The molecule has 1 unspecified atom stereocenters. The van der Waals surface area contributed by atoms with Crippen LogP contribution in [0.15, 0.2) is 54.6 Å². The van der Waals surface area contributed by atoms with Crippen molar-refractivity contribution in [3.05, 3.63) is 87.2 Å². The van der Waals surface area contributed by atoms with E-state index in [1.165, 1.54) is 0 Å². The third kappa shape index (κ3) is 4.42. The van der Waals surface area contributed by atoms with Gasteiger partial charge in [0.25, 0.3) is 5.91 Å². The van der Waals surface area contributed by atoms with Crippen LogP contribution in [0.1, 0.15) is 33.7 Å². The Morgan fingerprint density at radius 2 is 1.87 bits per heavy atom. The number of nitrogens with zero attached hydrogens (tertiary/aromatic N) is 4. The van der Waals surface area contributed by atoms with Crippen molar-refractivity contribution in [2.24, 2.45) is 0 Å². The maximum Gasteiger partial charge on any atom is 0.312 e. The second-order valence-electron chi connectivity index (χ2n) is 7.88. The summed E-state index contributed by atoms with van der Waals surface area (Å²) in [4.78, 5) is 25.6. The Balaban J connectivity index is 1.39. The zero-order chi connectivity index (χ0) is 22.0. The van der Waals surface area contributed by atoms with Crippen molar-refractivity contribution in [3.8, 4) is 0 Å². The Kier molecular flexibility index (Phi) is 5.70. The molecule has 160 valence electrons. The number of aryl methyl sites for hydroxylation is 1. The van der Waals surface area contributed by atoms with Crippen molar-refractivity contribution in [3.63, 3.8) is 0 Å². The fraction of sp³-hybridized carbons (Fsp3) is 0.304. The standard InChI is InChI=1S/C23H25N5O3/c1-16-22(28(30)31)17(2)27(25-16)14-18-8-10-19(11-9-18)23(29)26-13-12-21(15-26)24-20-6-4-3-5-7-20/h3-11,21,24H,12-15H2,1-2H3. The van der Waals surface area contributed by atoms with E-state index in [9.17, 15) is 14.9 Å². The molecule has 1 fully saturated rings. The number of anilines is 1. The van der Waals surface area contributed by atoms with Crippen LogP contribution >= 0.6 is 0 Å². The summed E-state index contributed by atoms with van der Waals surface area (Å²) < 4.78 is 1.63. The minimum atomic E-state index is -0.397. The molecule has 3 aromatic rings. The molecule has 2 heterocycles. The first-order valence-corrected chi connectivity index (χ1v) is 10.3. The molecule has 0 saturated carbocycles.